The molecule has 0 fully saturated rings. The first-order chi connectivity index (χ1) is 8.67. The van der Waals surface area contributed by atoms with Crippen LogP contribution in [-0.4, -0.2) is 11.7 Å². The van der Waals surface area contributed by atoms with E-state index in [1.165, 1.54) is 0 Å². The normalized spacial score (nSPS) is 21.7. The Morgan fingerprint density at radius 2 is 1.67 bits per heavy atom. The van der Waals surface area contributed by atoms with E-state index >= 15 is 0 Å². The zero-order chi connectivity index (χ0) is 12.6. The van der Waals surface area contributed by atoms with Crippen LogP contribution in [0.3, 0.4) is 0 Å². The molecule has 1 aliphatic rings. The van der Waals surface area contributed by atoms with E-state index in [2.05, 4.69) is 15.9 Å². The molecule has 0 bridgehead atoms. The topological polar surface area (TPSA) is 38.7 Å². The van der Waals surface area contributed by atoms with Crippen molar-refractivity contribution in [3.05, 3.63) is 58.6 Å². The summed E-state index contributed by atoms with van der Waals surface area (Å²) in [6.45, 7) is 0.0750. The Balaban J connectivity index is 1.96. The minimum atomic E-state index is -1.44. The standard InChI is InChI=1S/C14H11BrO3/c15-11-7-5-10(6-8-11)14(16)9-17-12-3-1-2-4-13(12)18-14/h1-8,16H,9H2. The molecule has 0 amide bonds. The van der Waals surface area contributed by atoms with Crippen LogP contribution >= 0.6 is 15.9 Å². The van der Waals surface area contributed by atoms with E-state index in [4.69, 9.17) is 9.47 Å². The number of fused-ring (bicyclic) bond motifs is 1. The van der Waals surface area contributed by atoms with Gasteiger partial charge in [0.05, 0.1) is 0 Å². The highest BCUT2D eigenvalue weighted by molar-refractivity contribution is 9.10. The Labute approximate surface area is 113 Å². The summed E-state index contributed by atoms with van der Waals surface area (Å²) in [6, 6.07) is 14.6. The lowest BCUT2D eigenvalue weighted by atomic mass is 10.1. The Morgan fingerprint density at radius 1 is 1.00 bits per heavy atom. The van der Waals surface area contributed by atoms with Crippen molar-refractivity contribution in [2.24, 2.45) is 0 Å². The Kier molecular flexibility index (Phi) is 2.76. The van der Waals surface area contributed by atoms with Gasteiger partial charge in [0, 0.05) is 10.0 Å². The lowest BCUT2D eigenvalue weighted by molar-refractivity contribution is -0.182. The highest BCUT2D eigenvalue weighted by Gasteiger charge is 2.37. The molecule has 1 aliphatic heterocycles. The Hall–Kier alpha value is -1.52. The molecule has 3 rings (SSSR count). The maximum absolute atomic E-state index is 10.5. The summed E-state index contributed by atoms with van der Waals surface area (Å²) in [6.07, 6.45) is 0. The molecule has 0 saturated carbocycles. The SMILES string of the molecule is OC1(c2ccc(Br)cc2)COc2ccccc2O1. The fourth-order valence-corrected chi connectivity index (χ4v) is 2.16. The molecule has 0 spiro atoms. The molecule has 0 radical (unpaired) electrons. The van der Waals surface area contributed by atoms with E-state index in [1.807, 2.05) is 30.3 Å². The third-order valence-corrected chi connectivity index (χ3v) is 3.38. The largest absolute Gasteiger partial charge is 0.482 e. The summed E-state index contributed by atoms with van der Waals surface area (Å²) >= 11 is 3.36. The third kappa shape index (κ3) is 1.98. The molecule has 1 atom stereocenters. The molecule has 1 N–H and O–H groups in total. The van der Waals surface area contributed by atoms with Crippen LogP contribution in [0.2, 0.25) is 0 Å². The van der Waals surface area contributed by atoms with Crippen LogP contribution in [-0.2, 0) is 5.79 Å². The quantitative estimate of drug-likeness (QED) is 0.880. The van der Waals surface area contributed by atoms with Crippen LogP contribution in [0.5, 0.6) is 11.5 Å². The zero-order valence-electron chi connectivity index (χ0n) is 9.47. The third-order valence-electron chi connectivity index (χ3n) is 2.85. The van der Waals surface area contributed by atoms with Crippen LogP contribution in [0.25, 0.3) is 0 Å². The maximum Gasteiger partial charge on any atom is 0.269 e. The molecule has 0 saturated heterocycles. The number of rotatable bonds is 1. The Morgan fingerprint density at radius 3 is 2.39 bits per heavy atom. The van der Waals surface area contributed by atoms with Crippen LogP contribution < -0.4 is 9.47 Å². The number of hydrogen-bond donors (Lipinski definition) is 1. The van der Waals surface area contributed by atoms with Crippen molar-refractivity contribution in [3.63, 3.8) is 0 Å². The van der Waals surface area contributed by atoms with Crippen LogP contribution in [0.15, 0.2) is 53.0 Å². The number of aliphatic hydroxyl groups is 1. The number of ether oxygens (including phenoxy) is 2. The molecule has 92 valence electrons. The maximum atomic E-state index is 10.5. The molecule has 1 heterocycles. The second kappa shape index (κ2) is 4.30. The minimum absolute atomic E-state index is 0.0750. The van der Waals surface area contributed by atoms with Gasteiger partial charge >= 0.3 is 0 Å². The molecule has 4 heteroatoms. The van der Waals surface area contributed by atoms with E-state index in [9.17, 15) is 5.11 Å². The van der Waals surface area contributed by atoms with Crippen molar-refractivity contribution in [1.29, 1.82) is 0 Å². The highest BCUT2D eigenvalue weighted by atomic mass is 79.9. The lowest BCUT2D eigenvalue weighted by Gasteiger charge is -2.34. The molecular weight excluding hydrogens is 296 g/mol. The second-order valence-corrected chi connectivity index (χ2v) is 5.04. The molecule has 2 aromatic rings. The van der Waals surface area contributed by atoms with Gasteiger partial charge in [-0.2, -0.15) is 0 Å². The fourth-order valence-electron chi connectivity index (χ4n) is 1.89. The average molecular weight is 307 g/mol. The van der Waals surface area contributed by atoms with Crippen molar-refractivity contribution in [2.75, 3.05) is 6.61 Å². The summed E-state index contributed by atoms with van der Waals surface area (Å²) in [7, 11) is 0. The van der Waals surface area contributed by atoms with Crippen molar-refractivity contribution < 1.29 is 14.6 Å². The van der Waals surface area contributed by atoms with Crippen molar-refractivity contribution in [2.45, 2.75) is 5.79 Å². The van der Waals surface area contributed by atoms with Crippen molar-refractivity contribution in [1.82, 2.24) is 0 Å². The first-order valence-electron chi connectivity index (χ1n) is 5.57. The summed E-state index contributed by atoms with van der Waals surface area (Å²) < 4.78 is 12.1. The molecule has 1 unspecified atom stereocenters. The first-order valence-corrected chi connectivity index (χ1v) is 6.36. The number of hydrogen-bond acceptors (Lipinski definition) is 3. The molecule has 2 aromatic carbocycles. The van der Waals surface area contributed by atoms with Gasteiger partial charge in [-0.05, 0) is 24.3 Å². The predicted octanol–water partition coefficient (Wildman–Crippen LogP) is 3.07. The zero-order valence-corrected chi connectivity index (χ0v) is 11.1. The van der Waals surface area contributed by atoms with Gasteiger partial charge in [-0.3, -0.25) is 0 Å². The molecule has 3 nitrogen and oxygen atoms in total. The number of para-hydroxylation sites is 2. The second-order valence-electron chi connectivity index (χ2n) is 4.13. The smallest absolute Gasteiger partial charge is 0.269 e. The minimum Gasteiger partial charge on any atom is -0.482 e. The fraction of sp³-hybridized carbons (Fsp3) is 0.143. The van der Waals surface area contributed by atoms with Gasteiger partial charge in [0.1, 0.15) is 0 Å². The summed E-state index contributed by atoms with van der Waals surface area (Å²) in [5, 5.41) is 10.5. The summed E-state index contributed by atoms with van der Waals surface area (Å²) in [5.74, 6) is -0.233. The van der Waals surface area contributed by atoms with Gasteiger partial charge in [0.15, 0.2) is 18.1 Å². The molecule has 0 aliphatic carbocycles. The van der Waals surface area contributed by atoms with Gasteiger partial charge in [0.2, 0.25) is 0 Å². The van der Waals surface area contributed by atoms with Crippen LogP contribution in [0, 0.1) is 0 Å². The molecule has 0 aromatic heterocycles. The average Bonchev–Trinajstić information content (AvgIpc) is 2.39. The van der Waals surface area contributed by atoms with E-state index < -0.39 is 5.79 Å². The van der Waals surface area contributed by atoms with Gasteiger partial charge in [0.25, 0.3) is 5.79 Å². The highest BCUT2D eigenvalue weighted by Crippen LogP contribution is 2.38. The van der Waals surface area contributed by atoms with Crippen molar-refractivity contribution >= 4 is 15.9 Å². The monoisotopic (exact) mass is 306 g/mol. The van der Waals surface area contributed by atoms with E-state index in [1.54, 1.807) is 18.2 Å². The van der Waals surface area contributed by atoms with E-state index in [-0.39, 0.29) is 6.61 Å². The van der Waals surface area contributed by atoms with Gasteiger partial charge < -0.3 is 14.6 Å². The van der Waals surface area contributed by atoms with E-state index in [0.29, 0.717) is 17.1 Å². The van der Waals surface area contributed by atoms with Gasteiger partial charge in [-0.1, -0.05) is 40.2 Å². The Bertz CT molecular complexity index is 568. The first kappa shape index (κ1) is 11.6. The molecular formula is C14H11BrO3. The predicted molar refractivity (Wildman–Crippen MR) is 70.6 cm³/mol. The molecule has 18 heavy (non-hydrogen) atoms. The van der Waals surface area contributed by atoms with Gasteiger partial charge in [-0.25, -0.2) is 0 Å². The van der Waals surface area contributed by atoms with Gasteiger partial charge in [-0.15, -0.1) is 0 Å². The lowest BCUT2D eigenvalue weighted by Crippen LogP contribution is -2.41. The van der Waals surface area contributed by atoms with E-state index in [0.717, 1.165) is 4.47 Å². The number of benzene rings is 2. The van der Waals surface area contributed by atoms with Crippen LogP contribution in [0.4, 0.5) is 0 Å². The van der Waals surface area contributed by atoms with Crippen molar-refractivity contribution in [3.8, 4) is 11.5 Å². The van der Waals surface area contributed by atoms with Crippen LogP contribution in [0.1, 0.15) is 5.56 Å². The summed E-state index contributed by atoms with van der Waals surface area (Å²) in [4.78, 5) is 0. The number of halogens is 1. The summed E-state index contributed by atoms with van der Waals surface area (Å²) in [5.41, 5.74) is 0.667.